The van der Waals surface area contributed by atoms with Gasteiger partial charge >= 0.3 is 6.18 Å². The van der Waals surface area contributed by atoms with Gasteiger partial charge in [0.25, 0.3) is 0 Å². The van der Waals surface area contributed by atoms with Crippen LogP contribution >= 0.6 is 0 Å². The van der Waals surface area contributed by atoms with Crippen LogP contribution in [0.2, 0.25) is 0 Å². The maximum atomic E-state index is 12.4. The van der Waals surface area contributed by atoms with Gasteiger partial charge in [-0.1, -0.05) is 6.07 Å². The Labute approximate surface area is 123 Å². The molecule has 0 saturated heterocycles. The van der Waals surface area contributed by atoms with Crippen LogP contribution in [-0.4, -0.2) is 26.9 Å². The van der Waals surface area contributed by atoms with Crippen LogP contribution in [0, 0.1) is 0 Å². The van der Waals surface area contributed by atoms with Crippen molar-refractivity contribution in [3.8, 4) is 11.3 Å². The molecule has 116 valence electrons. The summed E-state index contributed by atoms with van der Waals surface area (Å²) < 4.78 is 37.2. The molecule has 1 atom stereocenters. The number of nitrogens with two attached hydrogens (primary N) is 1. The lowest BCUT2D eigenvalue weighted by Crippen LogP contribution is -2.32. The molecule has 0 aliphatic heterocycles. The number of carbonyl (C=O) groups excluding carboxylic acids is 1. The molecule has 0 fully saturated rings. The van der Waals surface area contributed by atoms with Crippen molar-refractivity contribution in [3.05, 3.63) is 36.4 Å². The number of pyridine rings is 1. The minimum absolute atomic E-state index is 0.236. The summed E-state index contributed by atoms with van der Waals surface area (Å²) in [5.74, 6) is -1.41. The van der Waals surface area contributed by atoms with E-state index in [0.29, 0.717) is 11.3 Å². The number of halogens is 3. The smallest absolute Gasteiger partial charge is 0.320 e. The number of anilines is 1. The van der Waals surface area contributed by atoms with Crippen LogP contribution in [0.4, 0.5) is 19.0 Å². The fourth-order valence-electron chi connectivity index (χ4n) is 1.51. The first-order valence-corrected chi connectivity index (χ1v) is 6.20. The fourth-order valence-corrected chi connectivity index (χ4v) is 1.51. The van der Waals surface area contributed by atoms with E-state index in [0.717, 1.165) is 12.4 Å². The van der Waals surface area contributed by atoms with Crippen LogP contribution in [0.3, 0.4) is 0 Å². The topological polar surface area (TPSA) is 93.8 Å². The lowest BCUT2D eigenvalue weighted by molar-refractivity contribution is -0.145. The van der Waals surface area contributed by atoms with Crippen LogP contribution in [0.1, 0.15) is 12.7 Å². The van der Waals surface area contributed by atoms with Gasteiger partial charge in [-0.2, -0.15) is 13.2 Å². The minimum Gasteiger partial charge on any atom is -0.320 e. The number of aromatic nitrogens is 3. The van der Waals surface area contributed by atoms with Crippen molar-refractivity contribution >= 4 is 11.7 Å². The van der Waals surface area contributed by atoms with Crippen molar-refractivity contribution in [1.29, 1.82) is 0 Å². The molecule has 6 nitrogen and oxygen atoms in total. The number of hydrogen-bond donors (Lipinski definition) is 2. The molecule has 0 aliphatic carbocycles. The molecule has 2 aromatic rings. The predicted octanol–water partition coefficient (Wildman–Crippen LogP) is 1.84. The van der Waals surface area contributed by atoms with Gasteiger partial charge in [-0.25, -0.2) is 15.0 Å². The van der Waals surface area contributed by atoms with E-state index in [4.69, 9.17) is 5.73 Å². The van der Waals surface area contributed by atoms with Crippen molar-refractivity contribution in [1.82, 2.24) is 15.0 Å². The van der Waals surface area contributed by atoms with E-state index in [2.05, 4.69) is 20.3 Å². The first-order chi connectivity index (χ1) is 10.3. The lowest BCUT2D eigenvalue weighted by Gasteiger charge is -2.09. The third-order valence-corrected chi connectivity index (χ3v) is 2.62. The van der Waals surface area contributed by atoms with Gasteiger partial charge in [0.05, 0.1) is 11.7 Å². The Morgan fingerprint density at radius 1 is 1.27 bits per heavy atom. The predicted molar refractivity (Wildman–Crippen MR) is 72.5 cm³/mol. The number of carbonyl (C=O) groups is 1. The van der Waals surface area contributed by atoms with Crippen LogP contribution in [0.25, 0.3) is 11.3 Å². The summed E-state index contributed by atoms with van der Waals surface area (Å²) in [6, 6.07) is 3.98. The molecule has 1 amide bonds. The summed E-state index contributed by atoms with van der Waals surface area (Å²) in [5.41, 5.74) is 6.05. The third-order valence-electron chi connectivity index (χ3n) is 2.62. The van der Waals surface area contributed by atoms with Crippen LogP contribution in [0.5, 0.6) is 0 Å². The average Bonchev–Trinajstić information content (AvgIpc) is 2.46. The highest BCUT2D eigenvalue weighted by molar-refractivity contribution is 5.93. The average molecular weight is 311 g/mol. The zero-order chi connectivity index (χ0) is 16.3. The van der Waals surface area contributed by atoms with E-state index >= 15 is 0 Å². The highest BCUT2D eigenvalue weighted by Crippen LogP contribution is 2.26. The van der Waals surface area contributed by atoms with E-state index in [1.165, 1.54) is 13.0 Å². The van der Waals surface area contributed by atoms with Crippen LogP contribution in [-0.2, 0) is 11.0 Å². The van der Waals surface area contributed by atoms with Crippen LogP contribution in [0.15, 0.2) is 30.6 Å². The molecule has 0 bridgehead atoms. The number of rotatable bonds is 3. The molecular weight excluding hydrogens is 299 g/mol. The summed E-state index contributed by atoms with van der Waals surface area (Å²) >= 11 is 0. The molecule has 0 spiro atoms. The largest absolute Gasteiger partial charge is 0.451 e. The summed E-state index contributed by atoms with van der Waals surface area (Å²) in [6.07, 6.45) is -2.55. The summed E-state index contributed by atoms with van der Waals surface area (Å²) in [6.45, 7) is 1.52. The van der Waals surface area contributed by atoms with E-state index < -0.39 is 23.9 Å². The molecule has 9 heteroatoms. The van der Waals surface area contributed by atoms with Gasteiger partial charge < -0.3 is 11.1 Å². The van der Waals surface area contributed by atoms with E-state index in [-0.39, 0.29) is 5.82 Å². The molecule has 3 N–H and O–H groups in total. The Morgan fingerprint density at radius 2 is 1.91 bits per heavy atom. The zero-order valence-electron chi connectivity index (χ0n) is 11.4. The van der Waals surface area contributed by atoms with Gasteiger partial charge in [0.2, 0.25) is 11.7 Å². The Kier molecular flexibility index (Phi) is 4.36. The Bertz CT molecular complexity index is 670. The van der Waals surface area contributed by atoms with Crippen LogP contribution < -0.4 is 11.1 Å². The standard InChI is InChI=1S/C13H12F3N5O/c1-7(17)11(22)21-10-4-2-3-9(20-10)8-5-18-12(19-6-8)13(14,15)16/h2-7H,17H2,1H3,(H,20,21,22). The second-order valence-electron chi connectivity index (χ2n) is 4.48. The molecule has 0 aliphatic rings. The van der Waals surface area contributed by atoms with E-state index in [9.17, 15) is 18.0 Å². The first-order valence-electron chi connectivity index (χ1n) is 6.20. The summed E-state index contributed by atoms with van der Waals surface area (Å²) in [5, 5.41) is 2.49. The highest BCUT2D eigenvalue weighted by atomic mass is 19.4. The minimum atomic E-state index is -4.60. The van der Waals surface area contributed by atoms with Crippen molar-refractivity contribution in [2.45, 2.75) is 19.1 Å². The molecule has 22 heavy (non-hydrogen) atoms. The summed E-state index contributed by atoms with van der Waals surface area (Å²) in [7, 11) is 0. The number of alkyl halides is 3. The second kappa shape index (κ2) is 6.06. The molecule has 2 heterocycles. The molecule has 1 unspecified atom stereocenters. The molecule has 2 aromatic heterocycles. The normalized spacial score (nSPS) is 12.8. The van der Waals surface area contributed by atoms with Gasteiger partial charge in [-0.05, 0) is 19.1 Å². The van der Waals surface area contributed by atoms with Gasteiger partial charge in [0.1, 0.15) is 5.82 Å². The SMILES string of the molecule is CC(N)C(=O)Nc1cccc(-c2cnc(C(F)(F)F)nc2)n1. The van der Waals surface area contributed by atoms with Crippen molar-refractivity contribution in [3.63, 3.8) is 0 Å². The maximum Gasteiger partial charge on any atom is 0.451 e. The second-order valence-corrected chi connectivity index (χ2v) is 4.48. The van der Waals surface area contributed by atoms with Crippen molar-refractivity contribution in [2.24, 2.45) is 5.73 Å². The van der Waals surface area contributed by atoms with Gasteiger partial charge in [-0.3, -0.25) is 4.79 Å². The van der Waals surface area contributed by atoms with Gasteiger partial charge in [0.15, 0.2) is 0 Å². The monoisotopic (exact) mass is 311 g/mol. The van der Waals surface area contributed by atoms with Crippen molar-refractivity contribution in [2.75, 3.05) is 5.32 Å². The van der Waals surface area contributed by atoms with E-state index in [1.807, 2.05) is 0 Å². The number of amides is 1. The maximum absolute atomic E-state index is 12.4. The lowest BCUT2D eigenvalue weighted by atomic mass is 10.2. The fraction of sp³-hybridized carbons (Fsp3) is 0.231. The van der Waals surface area contributed by atoms with Crippen molar-refractivity contribution < 1.29 is 18.0 Å². The molecule has 0 radical (unpaired) electrons. The Hall–Kier alpha value is -2.55. The Balaban J connectivity index is 2.24. The molecule has 2 rings (SSSR count). The Morgan fingerprint density at radius 3 is 2.45 bits per heavy atom. The van der Waals surface area contributed by atoms with E-state index in [1.54, 1.807) is 12.1 Å². The molecular formula is C13H12F3N5O. The molecule has 0 saturated carbocycles. The molecule has 0 aromatic carbocycles. The summed E-state index contributed by atoms with van der Waals surface area (Å²) in [4.78, 5) is 22.1. The number of nitrogens with one attached hydrogen (secondary N) is 1. The van der Waals surface area contributed by atoms with Gasteiger partial charge in [-0.15, -0.1) is 0 Å². The third kappa shape index (κ3) is 3.76. The number of nitrogens with zero attached hydrogens (tertiary/aromatic N) is 3. The first kappa shape index (κ1) is 15.8. The number of hydrogen-bond acceptors (Lipinski definition) is 5. The zero-order valence-corrected chi connectivity index (χ0v) is 11.4. The van der Waals surface area contributed by atoms with Gasteiger partial charge in [0, 0.05) is 18.0 Å². The quantitative estimate of drug-likeness (QED) is 0.902. The highest BCUT2D eigenvalue weighted by Gasteiger charge is 2.34.